The van der Waals surface area contributed by atoms with E-state index in [0.29, 0.717) is 26.1 Å². The normalized spacial score (nSPS) is 20.4. The van der Waals surface area contributed by atoms with Gasteiger partial charge >= 0.3 is 11.7 Å². The molecule has 0 radical (unpaired) electrons. The van der Waals surface area contributed by atoms with Crippen LogP contribution >= 0.6 is 0 Å². The SMILES string of the molecule is COCCNc1ccc2c(c1)n(CC1CCCCC1C(=O)O)c(=O)n2C. The van der Waals surface area contributed by atoms with Gasteiger partial charge in [-0.3, -0.25) is 13.9 Å². The monoisotopic (exact) mass is 361 g/mol. The molecule has 7 nitrogen and oxygen atoms in total. The van der Waals surface area contributed by atoms with Crippen LogP contribution in [0.15, 0.2) is 23.0 Å². The summed E-state index contributed by atoms with van der Waals surface area (Å²) in [6.45, 7) is 1.74. The molecule has 0 spiro atoms. The zero-order valence-corrected chi connectivity index (χ0v) is 15.4. The summed E-state index contributed by atoms with van der Waals surface area (Å²) in [5, 5.41) is 12.8. The maximum Gasteiger partial charge on any atom is 0.328 e. The number of ether oxygens (including phenoxy) is 1. The smallest absolute Gasteiger partial charge is 0.328 e. The summed E-state index contributed by atoms with van der Waals surface area (Å²) in [5.41, 5.74) is 2.53. The number of nitrogens with one attached hydrogen (secondary N) is 1. The molecule has 2 unspecified atom stereocenters. The largest absolute Gasteiger partial charge is 0.481 e. The average molecular weight is 361 g/mol. The molecule has 0 amide bonds. The second kappa shape index (κ2) is 7.95. The van der Waals surface area contributed by atoms with Crippen molar-refractivity contribution in [2.45, 2.75) is 32.2 Å². The topological polar surface area (TPSA) is 85.5 Å². The lowest BCUT2D eigenvalue weighted by Gasteiger charge is -2.28. The minimum atomic E-state index is -0.745. The first-order valence-corrected chi connectivity index (χ1v) is 9.17. The van der Waals surface area contributed by atoms with E-state index in [1.165, 1.54) is 0 Å². The molecule has 0 saturated heterocycles. The fourth-order valence-electron chi connectivity index (χ4n) is 3.98. The van der Waals surface area contributed by atoms with Crippen LogP contribution in [0.1, 0.15) is 25.7 Å². The molecule has 1 aliphatic rings. The highest BCUT2D eigenvalue weighted by Crippen LogP contribution is 2.32. The Labute approximate surface area is 152 Å². The Hall–Kier alpha value is -2.28. The third kappa shape index (κ3) is 3.62. The van der Waals surface area contributed by atoms with Gasteiger partial charge in [-0.25, -0.2) is 4.79 Å². The summed E-state index contributed by atoms with van der Waals surface area (Å²) < 4.78 is 8.43. The van der Waals surface area contributed by atoms with Gasteiger partial charge in [-0.15, -0.1) is 0 Å². The number of nitrogens with zero attached hydrogens (tertiary/aromatic N) is 2. The van der Waals surface area contributed by atoms with Crippen LogP contribution in [0, 0.1) is 11.8 Å². The fraction of sp³-hybridized carbons (Fsp3) is 0.579. The number of aliphatic carboxylic acids is 1. The van der Waals surface area contributed by atoms with Crippen LogP contribution in [-0.4, -0.2) is 40.5 Å². The molecule has 0 bridgehead atoms. The number of aryl methyl sites for hydroxylation is 1. The number of hydrogen-bond donors (Lipinski definition) is 2. The molecule has 1 fully saturated rings. The number of hydrogen-bond acceptors (Lipinski definition) is 4. The van der Waals surface area contributed by atoms with Gasteiger partial charge in [0.1, 0.15) is 0 Å². The van der Waals surface area contributed by atoms with E-state index in [1.54, 1.807) is 23.3 Å². The Morgan fingerprint density at radius 1 is 1.31 bits per heavy atom. The molecule has 2 aromatic rings. The predicted molar refractivity (Wildman–Crippen MR) is 101 cm³/mol. The molecule has 1 aromatic carbocycles. The van der Waals surface area contributed by atoms with Crippen molar-refractivity contribution in [2.24, 2.45) is 18.9 Å². The molecule has 1 saturated carbocycles. The highest BCUT2D eigenvalue weighted by molar-refractivity contribution is 5.80. The molecule has 0 aliphatic heterocycles. The molecule has 1 aromatic heterocycles. The van der Waals surface area contributed by atoms with Crippen LogP contribution in [0.5, 0.6) is 0 Å². The van der Waals surface area contributed by atoms with Crippen molar-refractivity contribution in [3.05, 3.63) is 28.7 Å². The molecule has 1 aliphatic carbocycles. The second-order valence-corrected chi connectivity index (χ2v) is 7.06. The Bertz CT molecular complexity index is 839. The van der Waals surface area contributed by atoms with Crippen molar-refractivity contribution >= 4 is 22.7 Å². The van der Waals surface area contributed by atoms with Gasteiger partial charge in [-0.05, 0) is 37.0 Å². The predicted octanol–water partition coefficient (Wildman–Crippen LogP) is 2.29. The van der Waals surface area contributed by atoms with Crippen molar-refractivity contribution in [1.29, 1.82) is 0 Å². The van der Waals surface area contributed by atoms with Crippen molar-refractivity contribution < 1.29 is 14.6 Å². The number of carboxylic acids is 1. The van der Waals surface area contributed by atoms with Gasteiger partial charge in [0, 0.05) is 32.9 Å². The molecule has 26 heavy (non-hydrogen) atoms. The first kappa shape index (κ1) is 18.5. The summed E-state index contributed by atoms with van der Waals surface area (Å²) in [5.74, 6) is -1.12. The van der Waals surface area contributed by atoms with Crippen LogP contribution in [0.4, 0.5) is 5.69 Å². The van der Waals surface area contributed by atoms with Crippen LogP contribution in [0.25, 0.3) is 11.0 Å². The molecule has 7 heteroatoms. The number of methoxy groups -OCH3 is 1. The third-order valence-electron chi connectivity index (χ3n) is 5.42. The van der Waals surface area contributed by atoms with E-state index < -0.39 is 5.97 Å². The zero-order valence-electron chi connectivity index (χ0n) is 15.4. The summed E-state index contributed by atoms with van der Waals surface area (Å²) >= 11 is 0. The van der Waals surface area contributed by atoms with Crippen LogP contribution < -0.4 is 11.0 Å². The van der Waals surface area contributed by atoms with Gasteiger partial charge in [-0.1, -0.05) is 12.8 Å². The molecular weight excluding hydrogens is 334 g/mol. The second-order valence-electron chi connectivity index (χ2n) is 7.06. The number of rotatable bonds is 7. The van der Waals surface area contributed by atoms with Crippen LogP contribution in [0.3, 0.4) is 0 Å². The Kier molecular flexibility index (Phi) is 5.66. The van der Waals surface area contributed by atoms with Crippen molar-refractivity contribution in [2.75, 3.05) is 25.6 Å². The number of fused-ring (bicyclic) bond motifs is 1. The van der Waals surface area contributed by atoms with Gasteiger partial charge in [-0.2, -0.15) is 0 Å². The van der Waals surface area contributed by atoms with E-state index in [9.17, 15) is 14.7 Å². The summed E-state index contributed by atoms with van der Waals surface area (Å²) in [6.07, 6.45) is 3.53. The quantitative estimate of drug-likeness (QED) is 0.739. The van der Waals surface area contributed by atoms with Gasteiger partial charge in [0.05, 0.1) is 23.6 Å². The fourth-order valence-corrected chi connectivity index (χ4v) is 3.98. The molecule has 142 valence electrons. The van der Waals surface area contributed by atoms with E-state index >= 15 is 0 Å². The Morgan fingerprint density at radius 3 is 2.81 bits per heavy atom. The van der Waals surface area contributed by atoms with E-state index in [0.717, 1.165) is 36.0 Å². The van der Waals surface area contributed by atoms with E-state index in [2.05, 4.69) is 5.32 Å². The minimum absolute atomic E-state index is 0.00495. The lowest BCUT2D eigenvalue weighted by atomic mass is 9.79. The molecule has 3 rings (SSSR count). The number of carboxylic acid groups (broad SMARTS) is 1. The van der Waals surface area contributed by atoms with Crippen molar-refractivity contribution in [1.82, 2.24) is 9.13 Å². The summed E-state index contributed by atoms with van der Waals surface area (Å²) in [4.78, 5) is 24.3. The first-order valence-electron chi connectivity index (χ1n) is 9.17. The number of carbonyl (C=O) groups is 1. The summed E-state index contributed by atoms with van der Waals surface area (Å²) in [7, 11) is 3.41. The lowest BCUT2D eigenvalue weighted by Crippen LogP contribution is -2.33. The molecular formula is C19H27N3O4. The van der Waals surface area contributed by atoms with Gasteiger partial charge in [0.25, 0.3) is 0 Å². The minimum Gasteiger partial charge on any atom is -0.481 e. The number of aromatic nitrogens is 2. The average Bonchev–Trinajstić information content (AvgIpc) is 2.87. The Morgan fingerprint density at radius 2 is 2.08 bits per heavy atom. The molecule has 2 N–H and O–H groups in total. The third-order valence-corrected chi connectivity index (χ3v) is 5.42. The maximum absolute atomic E-state index is 12.7. The van der Waals surface area contributed by atoms with E-state index in [4.69, 9.17) is 4.74 Å². The summed E-state index contributed by atoms with van der Waals surface area (Å²) in [6, 6.07) is 5.84. The Balaban J connectivity index is 1.93. The van der Waals surface area contributed by atoms with Gasteiger partial charge in [0.15, 0.2) is 0 Å². The van der Waals surface area contributed by atoms with Gasteiger partial charge in [0.2, 0.25) is 0 Å². The highest BCUT2D eigenvalue weighted by Gasteiger charge is 2.31. The number of imidazole rings is 1. The van der Waals surface area contributed by atoms with Gasteiger partial charge < -0.3 is 15.2 Å². The standard InChI is InChI=1S/C19H27N3O4/c1-21-16-8-7-14(20-9-10-26-2)11-17(16)22(19(21)25)12-13-5-3-4-6-15(13)18(23)24/h7-8,11,13,15,20H,3-6,9-10,12H2,1-2H3,(H,23,24). The zero-order chi connectivity index (χ0) is 18.7. The van der Waals surface area contributed by atoms with Crippen molar-refractivity contribution in [3.8, 4) is 0 Å². The number of anilines is 1. The van der Waals surface area contributed by atoms with E-state index in [-0.39, 0.29) is 17.5 Å². The van der Waals surface area contributed by atoms with Crippen molar-refractivity contribution in [3.63, 3.8) is 0 Å². The highest BCUT2D eigenvalue weighted by atomic mass is 16.5. The molecule has 1 heterocycles. The van der Waals surface area contributed by atoms with Crippen LogP contribution in [-0.2, 0) is 23.1 Å². The lowest BCUT2D eigenvalue weighted by molar-refractivity contribution is -0.145. The van der Waals surface area contributed by atoms with E-state index in [1.807, 2.05) is 18.2 Å². The molecule has 2 atom stereocenters. The number of benzene rings is 1. The maximum atomic E-state index is 12.7. The van der Waals surface area contributed by atoms with Crippen LogP contribution in [0.2, 0.25) is 0 Å². The first-order chi connectivity index (χ1) is 12.5.